The minimum atomic E-state index is -0.772. The standard InChI is InChI=1S/C30H31F3/c1-3-4-21-8-14-24(15-9-21)27-18-17-25(29(32)30(27)33)16-10-22-6-12-23(13-7-22)26-11-5-20(2)28(31)19-26/h5-7,10-13,16-19,21,24H,3-4,8-9,14-15H2,1-2H3/b16-10+. The Labute approximate surface area is 195 Å². The predicted molar refractivity (Wildman–Crippen MR) is 131 cm³/mol. The van der Waals surface area contributed by atoms with E-state index < -0.39 is 11.6 Å². The maximum Gasteiger partial charge on any atom is 0.166 e. The second-order valence-corrected chi connectivity index (χ2v) is 9.30. The molecule has 33 heavy (non-hydrogen) atoms. The zero-order valence-corrected chi connectivity index (χ0v) is 19.4. The Morgan fingerprint density at radius 3 is 2.15 bits per heavy atom. The van der Waals surface area contributed by atoms with Crippen molar-refractivity contribution in [3.8, 4) is 11.1 Å². The largest absolute Gasteiger partial charge is 0.207 e. The fourth-order valence-electron chi connectivity index (χ4n) is 4.94. The lowest BCUT2D eigenvalue weighted by atomic mass is 9.77. The Kier molecular flexibility index (Phi) is 7.37. The van der Waals surface area contributed by atoms with E-state index in [1.165, 1.54) is 18.9 Å². The van der Waals surface area contributed by atoms with Crippen LogP contribution in [0.3, 0.4) is 0 Å². The number of hydrogen-bond donors (Lipinski definition) is 0. The molecule has 3 aromatic carbocycles. The van der Waals surface area contributed by atoms with Crippen molar-refractivity contribution in [1.29, 1.82) is 0 Å². The molecule has 0 spiro atoms. The smallest absolute Gasteiger partial charge is 0.166 e. The van der Waals surface area contributed by atoms with Crippen molar-refractivity contribution in [3.05, 3.63) is 94.3 Å². The first-order valence-electron chi connectivity index (χ1n) is 12.0. The van der Waals surface area contributed by atoms with Gasteiger partial charge in [0.05, 0.1) is 0 Å². The summed E-state index contributed by atoms with van der Waals surface area (Å²) >= 11 is 0. The van der Waals surface area contributed by atoms with E-state index in [-0.39, 0.29) is 17.3 Å². The average molecular weight is 449 g/mol. The molecular formula is C30H31F3. The number of benzene rings is 3. The molecule has 3 aromatic rings. The molecule has 0 aromatic heterocycles. The summed E-state index contributed by atoms with van der Waals surface area (Å²) in [6.07, 6.45) is 9.89. The van der Waals surface area contributed by atoms with Gasteiger partial charge in [0.15, 0.2) is 11.6 Å². The van der Waals surface area contributed by atoms with Crippen LogP contribution in [0.4, 0.5) is 13.2 Å². The Morgan fingerprint density at radius 1 is 0.788 bits per heavy atom. The first kappa shape index (κ1) is 23.4. The Balaban J connectivity index is 1.46. The lowest BCUT2D eigenvalue weighted by Crippen LogP contribution is -2.15. The molecule has 1 fully saturated rings. The van der Waals surface area contributed by atoms with Gasteiger partial charge in [0, 0.05) is 5.56 Å². The minimum Gasteiger partial charge on any atom is -0.207 e. The fourth-order valence-corrected chi connectivity index (χ4v) is 4.94. The van der Waals surface area contributed by atoms with Crippen molar-refractivity contribution in [2.75, 3.05) is 0 Å². The van der Waals surface area contributed by atoms with Crippen molar-refractivity contribution in [1.82, 2.24) is 0 Å². The normalized spacial score (nSPS) is 18.7. The molecule has 0 unspecified atom stereocenters. The first-order valence-corrected chi connectivity index (χ1v) is 12.0. The number of aryl methyl sites for hydroxylation is 1. The molecule has 0 saturated heterocycles. The van der Waals surface area contributed by atoms with E-state index in [0.717, 1.165) is 48.3 Å². The third kappa shape index (κ3) is 5.40. The van der Waals surface area contributed by atoms with Crippen LogP contribution in [0, 0.1) is 30.3 Å². The van der Waals surface area contributed by atoms with Gasteiger partial charge in [-0.1, -0.05) is 80.4 Å². The fraction of sp³-hybridized carbons (Fsp3) is 0.333. The summed E-state index contributed by atoms with van der Waals surface area (Å²) < 4.78 is 43.5. The van der Waals surface area contributed by atoms with Crippen LogP contribution >= 0.6 is 0 Å². The molecule has 0 nitrogen and oxygen atoms in total. The molecular weight excluding hydrogens is 417 g/mol. The van der Waals surface area contributed by atoms with Gasteiger partial charge in [-0.05, 0) is 78.3 Å². The third-order valence-electron chi connectivity index (χ3n) is 7.00. The number of hydrogen-bond acceptors (Lipinski definition) is 0. The van der Waals surface area contributed by atoms with Crippen LogP contribution in [0.15, 0.2) is 54.6 Å². The van der Waals surface area contributed by atoms with Crippen LogP contribution in [0.25, 0.3) is 23.3 Å². The van der Waals surface area contributed by atoms with Crippen molar-refractivity contribution in [3.63, 3.8) is 0 Å². The molecule has 0 aliphatic heterocycles. The van der Waals surface area contributed by atoms with Gasteiger partial charge in [-0.2, -0.15) is 0 Å². The van der Waals surface area contributed by atoms with Gasteiger partial charge in [0.2, 0.25) is 0 Å². The van der Waals surface area contributed by atoms with Gasteiger partial charge < -0.3 is 0 Å². The second-order valence-electron chi connectivity index (χ2n) is 9.30. The minimum absolute atomic E-state index is 0.116. The Hall–Kier alpha value is -2.81. The van der Waals surface area contributed by atoms with Gasteiger partial charge >= 0.3 is 0 Å². The van der Waals surface area contributed by atoms with E-state index in [2.05, 4.69) is 6.92 Å². The summed E-state index contributed by atoms with van der Waals surface area (Å²) in [6.45, 7) is 3.94. The van der Waals surface area contributed by atoms with Gasteiger partial charge in [-0.15, -0.1) is 0 Å². The second kappa shape index (κ2) is 10.4. The van der Waals surface area contributed by atoms with Gasteiger partial charge in [-0.25, -0.2) is 13.2 Å². The Morgan fingerprint density at radius 2 is 1.48 bits per heavy atom. The maximum atomic E-state index is 14.9. The molecule has 1 aliphatic rings. The number of rotatable bonds is 6. The summed E-state index contributed by atoms with van der Waals surface area (Å²) in [5.41, 5.74) is 3.96. The highest BCUT2D eigenvalue weighted by Gasteiger charge is 2.25. The van der Waals surface area contributed by atoms with E-state index >= 15 is 0 Å². The van der Waals surface area contributed by atoms with Crippen LogP contribution in [-0.2, 0) is 0 Å². The van der Waals surface area contributed by atoms with E-state index in [4.69, 9.17) is 0 Å². The molecule has 0 bridgehead atoms. The molecule has 4 rings (SSSR count). The summed E-state index contributed by atoms with van der Waals surface area (Å²) in [5, 5.41) is 0. The van der Waals surface area contributed by atoms with Crippen molar-refractivity contribution in [2.45, 2.75) is 58.3 Å². The third-order valence-corrected chi connectivity index (χ3v) is 7.00. The zero-order valence-electron chi connectivity index (χ0n) is 19.4. The molecule has 0 amide bonds. The molecule has 0 heterocycles. The molecule has 0 atom stereocenters. The molecule has 0 N–H and O–H groups in total. The van der Waals surface area contributed by atoms with E-state index in [1.807, 2.05) is 30.3 Å². The molecule has 0 radical (unpaired) electrons. The molecule has 172 valence electrons. The van der Waals surface area contributed by atoms with Crippen LogP contribution in [-0.4, -0.2) is 0 Å². The topological polar surface area (TPSA) is 0 Å². The van der Waals surface area contributed by atoms with Gasteiger partial charge in [-0.3, -0.25) is 0 Å². The van der Waals surface area contributed by atoms with Crippen LogP contribution in [0.5, 0.6) is 0 Å². The van der Waals surface area contributed by atoms with Crippen molar-refractivity contribution >= 4 is 12.2 Å². The highest BCUT2D eigenvalue weighted by molar-refractivity contribution is 5.72. The summed E-state index contributed by atoms with van der Waals surface area (Å²) in [5.74, 6) is -0.854. The maximum absolute atomic E-state index is 14.9. The van der Waals surface area contributed by atoms with E-state index in [9.17, 15) is 13.2 Å². The van der Waals surface area contributed by atoms with Crippen LogP contribution in [0.1, 0.15) is 73.6 Å². The summed E-state index contributed by atoms with van der Waals surface area (Å²) in [7, 11) is 0. The quantitative estimate of drug-likeness (QED) is 0.330. The van der Waals surface area contributed by atoms with Gasteiger partial charge in [0.1, 0.15) is 5.82 Å². The van der Waals surface area contributed by atoms with Crippen LogP contribution in [0.2, 0.25) is 0 Å². The highest BCUT2D eigenvalue weighted by atomic mass is 19.2. The van der Waals surface area contributed by atoms with Crippen LogP contribution < -0.4 is 0 Å². The Bertz CT molecular complexity index is 1120. The molecule has 3 heteroatoms. The van der Waals surface area contributed by atoms with E-state index in [1.54, 1.807) is 37.3 Å². The monoisotopic (exact) mass is 448 g/mol. The molecule has 1 aliphatic carbocycles. The SMILES string of the molecule is CCCC1CCC(c2ccc(/C=C/c3ccc(-c4ccc(C)c(F)c4)cc3)c(F)c2F)CC1. The highest BCUT2D eigenvalue weighted by Crippen LogP contribution is 2.39. The average Bonchev–Trinajstić information content (AvgIpc) is 2.83. The van der Waals surface area contributed by atoms with E-state index in [0.29, 0.717) is 11.1 Å². The summed E-state index contributed by atoms with van der Waals surface area (Å²) in [4.78, 5) is 0. The number of halogens is 3. The molecule has 1 saturated carbocycles. The predicted octanol–water partition coefficient (Wildman–Crippen LogP) is 9.32. The van der Waals surface area contributed by atoms with Crippen molar-refractivity contribution < 1.29 is 13.2 Å². The lowest BCUT2D eigenvalue weighted by molar-refractivity contribution is 0.303. The first-order chi connectivity index (χ1) is 16.0. The van der Waals surface area contributed by atoms with Crippen molar-refractivity contribution in [2.24, 2.45) is 5.92 Å². The lowest BCUT2D eigenvalue weighted by Gasteiger charge is -2.29. The summed E-state index contributed by atoms with van der Waals surface area (Å²) in [6, 6.07) is 16.2. The van der Waals surface area contributed by atoms with Gasteiger partial charge in [0.25, 0.3) is 0 Å². The zero-order chi connectivity index (χ0) is 23.4.